The van der Waals surface area contributed by atoms with Crippen LogP contribution in [-0.2, 0) is 6.18 Å². The SMILES string of the molecule is Nc1ccc(N2CC=CC2)cc1C(F)(F)F. The number of rotatable bonds is 1. The lowest BCUT2D eigenvalue weighted by atomic mass is 10.1. The highest BCUT2D eigenvalue weighted by atomic mass is 19.4. The van der Waals surface area contributed by atoms with Gasteiger partial charge in [0.15, 0.2) is 0 Å². The zero-order chi connectivity index (χ0) is 11.8. The van der Waals surface area contributed by atoms with Gasteiger partial charge in [-0.2, -0.15) is 13.2 Å². The molecule has 0 atom stereocenters. The number of nitrogens with two attached hydrogens (primary N) is 1. The monoisotopic (exact) mass is 228 g/mol. The topological polar surface area (TPSA) is 29.3 Å². The molecular formula is C11H11F3N2. The summed E-state index contributed by atoms with van der Waals surface area (Å²) in [7, 11) is 0. The summed E-state index contributed by atoms with van der Waals surface area (Å²) in [5.41, 5.74) is 4.87. The van der Waals surface area contributed by atoms with Gasteiger partial charge in [-0.25, -0.2) is 0 Å². The first kappa shape index (κ1) is 10.9. The lowest BCUT2D eigenvalue weighted by Gasteiger charge is -2.20. The van der Waals surface area contributed by atoms with Gasteiger partial charge in [-0.3, -0.25) is 0 Å². The highest BCUT2D eigenvalue weighted by molar-refractivity contribution is 5.60. The molecule has 1 heterocycles. The van der Waals surface area contributed by atoms with Crippen LogP contribution in [0.25, 0.3) is 0 Å². The molecule has 86 valence electrons. The summed E-state index contributed by atoms with van der Waals surface area (Å²) >= 11 is 0. The largest absolute Gasteiger partial charge is 0.418 e. The van der Waals surface area contributed by atoms with Gasteiger partial charge >= 0.3 is 6.18 Å². The Morgan fingerprint density at radius 3 is 2.31 bits per heavy atom. The predicted octanol–water partition coefficient (Wildman–Crippen LogP) is 2.66. The molecule has 1 aromatic carbocycles. The molecule has 16 heavy (non-hydrogen) atoms. The predicted molar refractivity (Wildman–Crippen MR) is 57.2 cm³/mol. The Morgan fingerprint density at radius 2 is 1.75 bits per heavy atom. The molecule has 2 N–H and O–H groups in total. The van der Waals surface area contributed by atoms with Gasteiger partial charge in [-0.1, -0.05) is 12.2 Å². The molecule has 0 bridgehead atoms. The summed E-state index contributed by atoms with van der Waals surface area (Å²) in [4.78, 5) is 1.84. The van der Waals surface area contributed by atoms with Crippen molar-refractivity contribution in [2.24, 2.45) is 0 Å². The minimum Gasteiger partial charge on any atom is -0.398 e. The highest BCUT2D eigenvalue weighted by Gasteiger charge is 2.33. The van der Waals surface area contributed by atoms with Gasteiger partial charge in [0.25, 0.3) is 0 Å². The second-order valence-corrected chi connectivity index (χ2v) is 3.65. The van der Waals surface area contributed by atoms with Crippen LogP contribution in [0.3, 0.4) is 0 Å². The maximum atomic E-state index is 12.6. The summed E-state index contributed by atoms with van der Waals surface area (Å²) in [6.07, 6.45) is -0.555. The van der Waals surface area contributed by atoms with Crippen LogP contribution in [0.5, 0.6) is 0 Å². The Bertz CT molecular complexity index is 416. The van der Waals surface area contributed by atoms with Crippen LogP contribution in [0.1, 0.15) is 5.56 Å². The molecule has 0 unspecified atom stereocenters. The van der Waals surface area contributed by atoms with Crippen LogP contribution in [0.2, 0.25) is 0 Å². The molecule has 2 rings (SSSR count). The van der Waals surface area contributed by atoms with Crippen molar-refractivity contribution in [1.29, 1.82) is 0 Å². The van der Waals surface area contributed by atoms with E-state index in [1.54, 1.807) is 6.07 Å². The van der Waals surface area contributed by atoms with Gasteiger partial charge in [0.2, 0.25) is 0 Å². The van der Waals surface area contributed by atoms with E-state index in [2.05, 4.69) is 0 Å². The normalized spacial score (nSPS) is 15.8. The average Bonchev–Trinajstić information content (AvgIpc) is 2.69. The third kappa shape index (κ3) is 1.98. The lowest BCUT2D eigenvalue weighted by Crippen LogP contribution is -2.19. The number of hydrogen-bond donors (Lipinski definition) is 1. The summed E-state index contributed by atoms with van der Waals surface area (Å²) in [5, 5.41) is 0. The quantitative estimate of drug-likeness (QED) is 0.591. The van der Waals surface area contributed by atoms with Crippen molar-refractivity contribution in [2.75, 3.05) is 23.7 Å². The zero-order valence-electron chi connectivity index (χ0n) is 8.46. The molecule has 0 aliphatic carbocycles. The number of hydrogen-bond acceptors (Lipinski definition) is 2. The molecule has 0 spiro atoms. The Labute approximate surface area is 91.2 Å². The van der Waals surface area contributed by atoms with E-state index in [-0.39, 0.29) is 5.69 Å². The molecule has 0 saturated heterocycles. The Kier molecular flexibility index (Phi) is 2.53. The molecule has 5 heteroatoms. The van der Waals surface area contributed by atoms with Crippen LogP contribution in [0, 0.1) is 0 Å². The van der Waals surface area contributed by atoms with Gasteiger partial charge in [-0.05, 0) is 18.2 Å². The maximum Gasteiger partial charge on any atom is 0.418 e. The summed E-state index contributed by atoms with van der Waals surface area (Å²) in [6, 6.07) is 4.01. The van der Waals surface area contributed by atoms with E-state index in [0.29, 0.717) is 18.8 Å². The molecule has 0 fully saturated rings. The lowest BCUT2D eigenvalue weighted by molar-refractivity contribution is -0.136. The molecule has 0 aromatic heterocycles. The molecular weight excluding hydrogens is 217 g/mol. The van der Waals surface area contributed by atoms with E-state index < -0.39 is 11.7 Å². The van der Waals surface area contributed by atoms with Crippen LogP contribution in [0.4, 0.5) is 24.5 Å². The van der Waals surface area contributed by atoms with Crippen LogP contribution < -0.4 is 10.6 Å². The number of anilines is 2. The van der Waals surface area contributed by atoms with E-state index in [0.717, 1.165) is 6.07 Å². The van der Waals surface area contributed by atoms with E-state index in [4.69, 9.17) is 5.73 Å². The smallest absolute Gasteiger partial charge is 0.398 e. The first-order chi connectivity index (χ1) is 7.48. The van der Waals surface area contributed by atoms with Gasteiger partial charge in [0, 0.05) is 24.5 Å². The minimum absolute atomic E-state index is 0.233. The molecule has 1 aliphatic rings. The maximum absolute atomic E-state index is 12.6. The van der Waals surface area contributed by atoms with Crippen LogP contribution in [0.15, 0.2) is 30.4 Å². The molecule has 0 amide bonds. The Hall–Kier alpha value is -1.65. The molecule has 0 radical (unpaired) electrons. The molecule has 1 aliphatic heterocycles. The van der Waals surface area contributed by atoms with Crippen molar-refractivity contribution in [3.63, 3.8) is 0 Å². The van der Waals surface area contributed by atoms with Gasteiger partial charge in [-0.15, -0.1) is 0 Å². The van der Waals surface area contributed by atoms with Crippen molar-refractivity contribution >= 4 is 11.4 Å². The highest BCUT2D eigenvalue weighted by Crippen LogP contribution is 2.36. The van der Waals surface area contributed by atoms with Gasteiger partial charge < -0.3 is 10.6 Å². The van der Waals surface area contributed by atoms with Crippen LogP contribution in [-0.4, -0.2) is 13.1 Å². The van der Waals surface area contributed by atoms with Crippen molar-refractivity contribution < 1.29 is 13.2 Å². The third-order valence-corrected chi connectivity index (χ3v) is 2.53. The van der Waals surface area contributed by atoms with E-state index in [1.807, 2.05) is 17.1 Å². The van der Waals surface area contributed by atoms with Gasteiger partial charge in [0.05, 0.1) is 5.56 Å². The fourth-order valence-electron chi connectivity index (χ4n) is 1.68. The fraction of sp³-hybridized carbons (Fsp3) is 0.273. The second kappa shape index (κ2) is 3.73. The van der Waals surface area contributed by atoms with Crippen molar-refractivity contribution in [2.45, 2.75) is 6.18 Å². The average molecular weight is 228 g/mol. The summed E-state index contributed by atoms with van der Waals surface area (Å²) in [6.45, 7) is 1.28. The summed E-state index contributed by atoms with van der Waals surface area (Å²) < 4.78 is 37.8. The number of nitrogen functional groups attached to an aromatic ring is 1. The molecule has 1 aromatic rings. The van der Waals surface area contributed by atoms with Crippen LogP contribution >= 0.6 is 0 Å². The number of nitrogens with zero attached hydrogens (tertiary/aromatic N) is 1. The zero-order valence-corrected chi connectivity index (χ0v) is 8.46. The van der Waals surface area contributed by atoms with Gasteiger partial charge in [0.1, 0.15) is 0 Å². The van der Waals surface area contributed by atoms with E-state index in [1.165, 1.54) is 6.07 Å². The van der Waals surface area contributed by atoms with Crippen molar-refractivity contribution in [3.8, 4) is 0 Å². The summed E-state index contributed by atoms with van der Waals surface area (Å²) in [5.74, 6) is 0. The van der Waals surface area contributed by atoms with Crippen molar-refractivity contribution in [1.82, 2.24) is 0 Å². The van der Waals surface area contributed by atoms with E-state index in [9.17, 15) is 13.2 Å². The van der Waals surface area contributed by atoms with Crippen molar-refractivity contribution in [3.05, 3.63) is 35.9 Å². The third-order valence-electron chi connectivity index (χ3n) is 2.53. The first-order valence-electron chi connectivity index (χ1n) is 4.85. The number of benzene rings is 1. The molecule has 2 nitrogen and oxygen atoms in total. The standard InChI is InChI=1S/C11H11F3N2/c12-11(13,14)9-7-8(3-4-10(9)15)16-5-1-2-6-16/h1-4,7H,5-6,15H2. The second-order valence-electron chi connectivity index (χ2n) is 3.65. The van der Waals surface area contributed by atoms with E-state index >= 15 is 0 Å². The molecule has 0 saturated carbocycles. The Morgan fingerprint density at radius 1 is 1.12 bits per heavy atom. The number of halogens is 3. The number of alkyl halides is 3. The fourth-order valence-corrected chi connectivity index (χ4v) is 1.68. The Balaban J connectivity index is 2.35. The minimum atomic E-state index is -4.40. The first-order valence-corrected chi connectivity index (χ1v) is 4.85.